The van der Waals surface area contributed by atoms with Crippen molar-refractivity contribution in [2.75, 3.05) is 0 Å². The van der Waals surface area contributed by atoms with Gasteiger partial charge >= 0.3 is 75.5 Å². The molecule has 0 unspecified atom stereocenters. The molecule has 48 valence electrons. The Morgan fingerprint density at radius 1 is 1.11 bits per heavy atom. The van der Waals surface area contributed by atoms with Crippen molar-refractivity contribution in [2.45, 2.75) is 0 Å². The van der Waals surface area contributed by atoms with Crippen LogP contribution in [0.25, 0.3) is 0 Å². The molecule has 0 saturated heterocycles. The predicted octanol–water partition coefficient (Wildman–Crippen LogP) is -8.95. The summed E-state index contributed by atoms with van der Waals surface area (Å²) in [5.41, 5.74) is 0. The van der Waals surface area contributed by atoms with Gasteiger partial charge in [-0.1, -0.05) is 0 Å². The third-order valence-corrected chi connectivity index (χ3v) is 0. The molecular weight excluding hydrogens is 246 g/mol. The maximum atomic E-state index is 8.66. The van der Waals surface area contributed by atoms with Gasteiger partial charge in [-0.25, -0.2) is 0 Å². The van der Waals surface area contributed by atoms with Gasteiger partial charge in [-0.05, 0) is 0 Å². The van der Waals surface area contributed by atoms with Gasteiger partial charge in [-0.3, -0.25) is 0 Å². The monoisotopic (exact) mass is 246 g/mol. The summed E-state index contributed by atoms with van der Waals surface area (Å²) in [6.07, 6.45) is 0. The molecule has 0 aliphatic rings. The number of hydrogen-bond donors (Lipinski definition) is 1. The van der Waals surface area contributed by atoms with Crippen LogP contribution in [-0.4, -0.2) is 80.4 Å². The van der Waals surface area contributed by atoms with Gasteiger partial charge in [0.2, 0.25) is 0 Å². The molecule has 0 spiro atoms. The minimum absolute atomic E-state index is 0. The molecule has 0 atom stereocenters. The fourth-order valence-corrected chi connectivity index (χ4v) is 0. The first kappa shape index (κ1) is 29.5. The first-order chi connectivity index (χ1) is 2.00. The van der Waals surface area contributed by atoms with Crippen LogP contribution in [0.15, 0.2) is 0 Å². The van der Waals surface area contributed by atoms with E-state index in [1.807, 2.05) is 0 Å². The average molecular weight is 247 g/mol. The summed E-state index contributed by atoms with van der Waals surface area (Å²) in [5.74, 6) is 0. The number of rotatable bonds is 0. The van der Waals surface area contributed by atoms with Crippen LogP contribution in [0.4, 0.5) is 0 Å². The second-order valence-corrected chi connectivity index (χ2v) is 1.41. The zero-order valence-electron chi connectivity index (χ0n) is 4.29. The van der Waals surface area contributed by atoms with E-state index in [1.165, 1.54) is 0 Å². The minimum atomic E-state index is -5.14. The van der Waals surface area contributed by atoms with Gasteiger partial charge in [0.15, 0.2) is 0 Å². The largest absolute Gasteiger partial charge is 2.00 e. The number of halogens is 2. The van der Waals surface area contributed by atoms with Crippen LogP contribution in [0.3, 0.4) is 0 Å². The Kier molecular flexibility index (Phi) is 45.2. The van der Waals surface area contributed by atoms with E-state index in [4.69, 9.17) is 19.2 Å². The zero-order valence-corrected chi connectivity index (χ0v) is 11.1. The van der Waals surface area contributed by atoms with E-state index in [9.17, 15) is 0 Å². The number of phosphoric acid groups is 1. The predicted molar refractivity (Wildman–Crippen MR) is 21.3 cm³/mol. The first-order valence-electron chi connectivity index (χ1n) is 0.748. The second-order valence-electron chi connectivity index (χ2n) is 0.469. The van der Waals surface area contributed by atoms with Crippen molar-refractivity contribution >= 4 is 83.3 Å². The normalized spacial score (nSPS) is 6.56. The molecule has 1 N–H and O–H groups in total. The molecule has 0 bridgehead atoms. The molecule has 0 heterocycles. The standard InChI is InChI=1S/2Ca.2ClH.H3O4P/c;;;;1-5(2,3)4/h;;2*1H;(H3,1,2,3,4)/q2*+2;;;/p-4. The third kappa shape index (κ3) is 92.3. The Bertz CT molecular complexity index is 62.7. The minimum Gasteiger partial charge on any atom is -1.00 e. The third-order valence-electron chi connectivity index (χ3n) is 0. The molecule has 0 radical (unpaired) electrons. The fraction of sp³-hybridized carbons (Fsp3) is 0. The van der Waals surface area contributed by atoms with Crippen LogP contribution in [-0.2, 0) is 4.57 Å². The van der Waals surface area contributed by atoms with Crippen LogP contribution in [0.1, 0.15) is 0 Å². The molecule has 0 amide bonds. The fourth-order valence-electron chi connectivity index (χ4n) is 0. The van der Waals surface area contributed by atoms with Crippen molar-refractivity contribution in [1.82, 2.24) is 0 Å². The SMILES string of the molecule is O=P([O-])([O-])O.[Ca+2].[Ca+2].[Cl-].[Cl-]. The summed E-state index contributed by atoms with van der Waals surface area (Å²) < 4.78 is 8.66. The molecule has 0 saturated carbocycles. The molecule has 0 rings (SSSR count). The topological polar surface area (TPSA) is 83.4 Å². The summed E-state index contributed by atoms with van der Waals surface area (Å²) >= 11 is 0. The van der Waals surface area contributed by atoms with E-state index in [1.54, 1.807) is 0 Å². The maximum Gasteiger partial charge on any atom is 2.00 e. The molecule has 0 aromatic heterocycles. The van der Waals surface area contributed by atoms with Crippen LogP contribution in [0.5, 0.6) is 0 Å². The summed E-state index contributed by atoms with van der Waals surface area (Å²) in [6.45, 7) is 0. The smallest absolute Gasteiger partial charge is 1.00 e. The number of hydrogen-bond acceptors (Lipinski definition) is 3. The Morgan fingerprint density at radius 3 is 1.11 bits per heavy atom. The molecule has 0 aliphatic heterocycles. The molecule has 0 aromatic rings. The van der Waals surface area contributed by atoms with Crippen LogP contribution < -0.4 is 34.6 Å². The molecule has 0 aromatic carbocycles. The Balaban J connectivity index is -0.0000000133. The van der Waals surface area contributed by atoms with E-state index < -0.39 is 7.82 Å². The van der Waals surface area contributed by atoms with Gasteiger partial charge in [0.25, 0.3) is 0 Å². The second kappa shape index (κ2) is 13.8. The molecular formula is HCa2Cl2O4P. The molecule has 0 aliphatic carbocycles. The summed E-state index contributed by atoms with van der Waals surface area (Å²) in [4.78, 5) is 24.3. The van der Waals surface area contributed by atoms with Crippen molar-refractivity contribution in [3.8, 4) is 0 Å². The van der Waals surface area contributed by atoms with Gasteiger partial charge in [0.05, 0.1) is 7.82 Å². The van der Waals surface area contributed by atoms with Gasteiger partial charge in [-0.15, -0.1) is 0 Å². The maximum absolute atomic E-state index is 8.66. The van der Waals surface area contributed by atoms with E-state index in [0.717, 1.165) is 0 Å². The van der Waals surface area contributed by atoms with Gasteiger partial charge in [-0.2, -0.15) is 0 Å². The summed E-state index contributed by atoms with van der Waals surface area (Å²) in [6, 6.07) is 0. The Hall–Kier alpha value is 3.21. The van der Waals surface area contributed by atoms with Crippen LogP contribution >= 0.6 is 7.82 Å². The van der Waals surface area contributed by atoms with E-state index in [2.05, 4.69) is 0 Å². The van der Waals surface area contributed by atoms with Crippen molar-refractivity contribution in [1.29, 1.82) is 0 Å². The van der Waals surface area contributed by atoms with Crippen molar-refractivity contribution in [3.63, 3.8) is 0 Å². The summed E-state index contributed by atoms with van der Waals surface area (Å²) in [5, 5.41) is 0. The van der Waals surface area contributed by atoms with Crippen LogP contribution in [0, 0.1) is 0 Å². The quantitative estimate of drug-likeness (QED) is 0.340. The molecule has 9 heavy (non-hydrogen) atoms. The van der Waals surface area contributed by atoms with Gasteiger partial charge in [0.1, 0.15) is 0 Å². The van der Waals surface area contributed by atoms with Gasteiger partial charge < -0.3 is 44.1 Å². The Labute approximate surface area is 125 Å². The van der Waals surface area contributed by atoms with E-state index >= 15 is 0 Å². The Morgan fingerprint density at radius 2 is 1.11 bits per heavy atom. The van der Waals surface area contributed by atoms with Crippen molar-refractivity contribution < 1.29 is 44.1 Å². The van der Waals surface area contributed by atoms with Crippen LogP contribution in [0.2, 0.25) is 0 Å². The molecule has 0 fully saturated rings. The summed E-state index contributed by atoms with van der Waals surface area (Å²) in [7, 11) is -5.14. The average Bonchev–Trinajstić information content (AvgIpc) is 0.722. The molecule has 4 nitrogen and oxygen atoms in total. The first-order valence-corrected chi connectivity index (χ1v) is 2.24. The van der Waals surface area contributed by atoms with E-state index in [-0.39, 0.29) is 100 Å². The van der Waals surface area contributed by atoms with Crippen molar-refractivity contribution in [2.24, 2.45) is 0 Å². The molecule has 9 heteroatoms. The zero-order chi connectivity index (χ0) is 4.50. The van der Waals surface area contributed by atoms with Crippen molar-refractivity contribution in [3.05, 3.63) is 0 Å². The van der Waals surface area contributed by atoms with Gasteiger partial charge in [0, 0.05) is 0 Å². The van der Waals surface area contributed by atoms with E-state index in [0.29, 0.717) is 0 Å².